The van der Waals surface area contributed by atoms with Crippen LogP contribution >= 0.6 is 11.8 Å². The van der Waals surface area contributed by atoms with E-state index in [1.807, 2.05) is 13.8 Å². The average Bonchev–Trinajstić information content (AvgIpc) is 2.82. The molecule has 1 rings (SSSR count). The fourth-order valence-electron chi connectivity index (χ4n) is 3.23. The molecular formula is C18H35N5O4S. The van der Waals surface area contributed by atoms with Crippen LogP contribution in [0.15, 0.2) is 0 Å². The largest absolute Gasteiger partial charge is 0.444 e. The van der Waals surface area contributed by atoms with Gasteiger partial charge < -0.3 is 31.3 Å². The highest BCUT2D eigenvalue weighted by Crippen LogP contribution is 2.45. The van der Waals surface area contributed by atoms with Crippen LogP contribution in [0.4, 0.5) is 4.79 Å². The van der Waals surface area contributed by atoms with Gasteiger partial charge in [-0.3, -0.25) is 9.59 Å². The van der Waals surface area contributed by atoms with Crippen molar-refractivity contribution in [1.82, 2.24) is 15.1 Å². The Labute approximate surface area is 171 Å². The van der Waals surface area contributed by atoms with E-state index in [4.69, 9.17) is 16.2 Å². The van der Waals surface area contributed by atoms with Crippen molar-refractivity contribution < 1.29 is 19.1 Å². The zero-order chi connectivity index (χ0) is 21.7. The Balaban J connectivity index is 3.02. The molecular weight excluding hydrogens is 382 g/mol. The van der Waals surface area contributed by atoms with E-state index in [1.165, 1.54) is 16.7 Å². The molecule has 10 heteroatoms. The number of nitrogens with zero attached hydrogens (tertiary/aromatic N) is 2. The summed E-state index contributed by atoms with van der Waals surface area (Å²) >= 11 is 1.47. The van der Waals surface area contributed by atoms with Gasteiger partial charge in [-0.2, -0.15) is 0 Å². The summed E-state index contributed by atoms with van der Waals surface area (Å²) in [4.78, 5) is 40.3. The zero-order valence-electron chi connectivity index (χ0n) is 17.7. The predicted molar refractivity (Wildman–Crippen MR) is 111 cm³/mol. The molecule has 1 saturated heterocycles. The van der Waals surface area contributed by atoms with E-state index in [2.05, 4.69) is 5.32 Å². The Morgan fingerprint density at radius 2 is 1.82 bits per heavy atom. The molecule has 0 aromatic carbocycles. The number of carbonyl (C=O) groups is 3. The van der Waals surface area contributed by atoms with E-state index in [1.54, 1.807) is 32.6 Å². The third-order valence-electron chi connectivity index (χ3n) is 4.31. The molecule has 28 heavy (non-hydrogen) atoms. The number of ether oxygens (including phenoxy) is 1. The van der Waals surface area contributed by atoms with Crippen LogP contribution in [0, 0.1) is 0 Å². The third kappa shape index (κ3) is 6.25. The van der Waals surface area contributed by atoms with Crippen LogP contribution in [-0.2, 0) is 14.3 Å². The van der Waals surface area contributed by atoms with Crippen LogP contribution in [0.1, 0.15) is 41.5 Å². The molecule has 5 N–H and O–H groups in total. The van der Waals surface area contributed by atoms with Crippen molar-refractivity contribution in [3.8, 4) is 0 Å². The maximum Gasteiger partial charge on any atom is 0.407 e. The van der Waals surface area contributed by atoms with Gasteiger partial charge >= 0.3 is 6.09 Å². The molecule has 0 bridgehead atoms. The van der Waals surface area contributed by atoms with Gasteiger partial charge in [0.15, 0.2) is 0 Å². The molecule has 1 aliphatic rings. The van der Waals surface area contributed by atoms with E-state index in [0.29, 0.717) is 32.6 Å². The molecule has 0 aromatic heterocycles. The van der Waals surface area contributed by atoms with Crippen molar-refractivity contribution in [1.29, 1.82) is 0 Å². The van der Waals surface area contributed by atoms with E-state index < -0.39 is 33.9 Å². The number of thioether (sulfide) groups is 1. The first kappa shape index (κ1) is 24.5. The van der Waals surface area contributed by atoms with Crippen LogP contribution < -0.4 is 16.8 Å². The minimum absolute atomic E-state index is 0.188. The monoisotopic (exact) mass is 417 g/mol. The molecule has 1 heterocycles. The molecule has 0 radical (unpaired) electrons. The predicted octanol–water partition coefficient (Wildman–Crippen LogP) is 0.324. The lowest BCUT2D eigenvalue weighted by atomic mass is 10.00. The lowest BCUT2D eigenvalue weighted by Gasteiger charge is -2.34. The Bertz CT molecular complexity index is 561. The van der Waals surface area contributed by atoms with E-state index in [-0.39, 0.29) is 5.91 Å². The number of nitrogens with one attached hydrogen (secondary N) is 1. The topological polar surface area (TPSA) is 131 Å². The third-order valence-corrected chi connectivity index (χ3v) is 6.04. The molecule has 0 aromatic rings. The fourth-order valence-corrected chi connectivity index (χ4v) is 4.77. The Kier molecular flexibility index (Phi) is 8.58. The lowest BCUT2D eigenvalue weighted by molar-refractivity contribution is -0.141. The normalized spacial score (nSPS) is 22.5. The first-order valence-corrected chi connectivity index (χ1v) is 10.3. The lowest BCUT2D eigenvalue weighted by Crippen LogP contribution is -2.57. The molecule has 0 saturated carbocycles. The van der Waals surface area contributed by atoms with Gasteiger partial charge in [0.1, 0.15) is 11.6 Å². The van der Waals surface area contributed by atoms with Gasteiger partial charge in [0.05, 0.1) is 11.4 Å². The summed E-state index contributed by atoms with van der Waals surface area (Å²) in [5.74, 6) is -0.188. The van der Waals surface area contributed by atoms with E-state index >= 15 is 0 Å². The van der Waals surface area contributed by atoms with Crippen molar-refractivity contribution in [3.63, 3.8) is 0 Å². The fraction of sp³-hybridized carbons (Fsp3) is 0.833. The van der Waals surface area contributed by atoms with Crippen molar-refractivity contribution in [2.75, 3.05) is 26.2 Å². The highest BCUT2D eigenvalue weighted by atomic mass is 32.2. The Morgan fingerprint density at radius 3 is 2.25 bits per heavy atom. The maximum absolute atomic E-state index is 13.2. The number of hydrogen-bond acceptors (Lipinski definition) is 7. The minimum Gasteiger partial charge on any atom is -0.444 e. The van der Waals surface area contributed by atoms with Gasteiger partial charge in [0.25, 0.3) is 0 Å². The summed E-state index contributed by atoms with van der Waals surface area (Å²) in [6.45, 7) is 12.3. The summed E-state index contributed by atoms with van der Waals surface area (Å²) in [6, 6.07) is -1.10. The van der Waals surface area contributed by atoms with Gasteiger partial charge in [0.2, 0.25) is 12.3 Å². The number of carbonyl (C=O) groups excluding carboxylic acids is 3. The number of amides is 3. The molecule has 1 fully saturated rings. The molecule has 2 unspecified atom stereocenters. The summed E-state index contributed by atoms with van der Waals surface area (Å²) in [7, 11) is 0. The molecule has 1 aliphatic heterocycles. The average molecular weight is 418 g/mol. The highest BCUT2D eigenvalue weighted by molar-refractivity contribution is 8.01. The van der Waals surface area contributed by atoms with Gasteiger partial charge in [-0.15, -0.1) is 11.8 Å². The van der Waals surface area contributed by atoms with Crippen molar-refractivity contribution >= 4 is 30.2 Å². The van der Waals surface area contributed by atoms with Crippen molar-refractivity contribution in [3.05, 3.63) is 0 Å². The first-order valence-electron chi connectivity index (χ1n) is 9.47. The summed E-state index contributed by atoms with van der Waals surface area (Å²) in [6.07, 6.45) is 0.109. The van der Waals surface area contributed by atoms with Gasteiger partial charge in [-0.1, -0.05) is 0 Å². The molecule has 9 nitrogen and oxygen atoms in total. The van der Waals surface area contributed by atoms with Gasteiger partial charge in [-0.25, -0.2) is 4.79 Å². The van der Waals surface area contributed by atoms with E-state index in [9.17, 15) is 14.4 Å². The van der Waals surface area contributed by atoms with Crippen LogP contribution in [0.2, 0.25) is 0 Å². The van der Waals surface area contributed by atoms with Crippen LogP contribution in [-0.4, -0.2) is 82.2 Å². The number of nitrogens with two attached hydrogens (primary N) is 2. The van der Waals surface area contributed by atoms with E-state index in [0.717, 1.165) is 0 Å². The SMILES string of the molecule is CC(NC(=O)OC(C)(C)C)C1SC(C)(C)[C@H](C(=O)N(CCN)CCN)N1C=O. The molecule has 0 aliphatic carbocycles. The molecule has 0 spiro atoms. The minimum atomic E-state index is -0.680. The van der Waals surface area contributed by atoms with Crippen molar-refractivity contribution in [2.24, 2.45) is 11.5 Å². The number of alkyl carbamates (subject to hydrolysis) is 1. The molecule has 3 amide bonds. The summed E-state index contributed by atoms with van der Waals surface area (Å²) < 4.78 is 4.75. The second kappa shape index (κ2) is 9.80. The molecule has 3 atom stereocenters. The van der Waals surface area contributed by atoms with Crippen LogP contribution in [0.3, 0.4) is 0 Å². The first-order chi connectivity index (χ1) is 12.9. The Hall–Kier alpha value is -1.52. The summed E-state index contributed by atoms with van der Waals surface area (Å²) in [5.41, 5.74) is 10.6. The smallest absolute Gasteiger partial charge is 0.407 e. The van der Waals surface area contributed by atoms with Crippen LogP contribution in [0.5, 0.6) is 0 Å². The second-order valence-corrected chi connectivity index (χ2v) is 10.2. The maximum atomic E-state index is 13.2. The number of hydrogen-bond donors (Lipinski definition) is 3. The summed E-state index contributed by atoms with van der Waals surface area (Å²) in [5, 5.41) is 2.36. The quantitative estimate of drug-likeness (QED) is 0.485. The highest BCUT2D eigenvalue weighted by Gasteiger charge is 2.53. The number of rotatable bonds is 8. The Morgan fingerprint density at radius 1 is 1.29 bits per heavy atom. The van der Waals surface area contributed by atoms with Gasteiger partial charge in [-0.05, 0) is 41.5 Å². The second-order valence-electron chi connectivity index (χ2n) is 8.40. The molecule has 162 valence electrons. The standard InChI is InChI=1S/C18H35N5O4S/c1-12(21-16(26)27-17(2,3)4)15-23(11-24)13(18(5,6)28-15)14(25)22(9-7-19)10-8-20/h11-13,15H,7-10,19-20H2,1-6H3,(H,21,26)/t12?,13-,15?/m0/s1. The zero-order valence-corrected chi connectivity index (χ0v) is 18.5. The van der Waals surface area contributed by atoms with Crippen LogP contribution in [0.25, 0.3) is 0 Å². The van der Waals surface area contributed by atoms with Gasteiger partial charge in [0, 0.05) is 30.9 Å². The van der Waals surface area contributed by atoms with Crippen molar-refractivity contribution in [2.45, 2.75) is 69.3 Å².